The lowest BCUT2D eigenvalue weighted by Crippen LogP contribution is -2.44. The molecule has 1 rings (SSSR count). The summed E-state index contributed by atoms with van der Waals surface area (Å²) in [7, 11) is -2.58. The molecule has 0 saturated heterocycles. The van der Waals surface area contributed by atoms with Crippen LogP contribution in [0.1, 0.15) is 30.8 Å². The Bertz CT molecular complexity index is 621. The number of amides is 1. The standard InChI is InChI=1S/C12H18N2O6S/c1-4-7(2)10(12(16)17)14-11(15)8-5-6-9(20-8)21(18,19)13-3/h5-7,10,13H,4H2,1-3H3,(H,14,15)(H,16,17)/t7-,10-/m0/s1. The zero-order valence-corrected chi connectivity index (χ0v) is 12.7. The van der Waals surface area contributed by atoms with Gasteiger partial charge in [0.25, 0.3) is 15.9 Å². The number of carbonyl (C=O) groups excluding carboxylic acids is 1. The molecule has 1 aromatic rings. The van der Waals surface area contributed by atoms with E-state index in [2.05, 4.69) is 5.32 Å². The van der Waals surface area contributed by atoms with Crippen molar-refractivity contribution in [2.24, 2.45) is 5.92 Å². The molecule has 1 aromatic heterocycles. The van der Waals surface area contributed by atoms with Crippen molar-refractivity contribution in [3.8, 4) is 0 Å². The van der Waals surface area contributed by atoms with Crippen LogP contribution in [-0.4, -0.2) is 38.5 Å². The molecule has 0 fully saturated rings. The van der Waals surface area contributed by atoms with Crippen molar-refractivity contribution in [3.05, 3.63) is 17.9 Å². The van der Waals surface area contributed by atoms with Crippen molar-refractivity contribution in [2.75, 3.05) is 7.05 Å². The number of rotatable bonds is 7. The van der Waals surface area contributed by atoms with E-state index < -0.39 is 33.0 Å². The molecule has 0 radical (unpaired) electrons. The maximum atomic E-state index is 11.9. The Morgan fingerprint density at radius 3 is 2.48 bits per heavy atom. The first-order valence-electron chi connectivity index (χ1n) is 6.30. The van der Waals surface area contributed by atoms with E-state index in [1.165, 1.54) is 13.1 Å². The Kier molecular flexibility index (Phi) is 5.50. The fourth-order valence-electron chi connectivity index (χ4n) is 1.58. The Morgan fingerprint density at radius 1 is 1.38 bits per heavy atom. The smallest absolute Gasteiger partial charge is 0.326 e. The molecule has 0 aliphatic carbocycles. The van der Waals surface area contributed by atoms with E-state index in [1.54, 1.807) is 13.8 Å². The van der Waals surface area contributed by atoms with E-state index in [1.807, 2.05) is 4.72 Å². The fourth-order valence-corrected chi connectivity index (χ4v) is 2.23. The van der Waals surface area contributed by atoms with E-state index in [0.29, 0.717) is 6.42 Å². The second kappa shape index (κ2) is 6.72. The Morgan fingerprint density at radius 2 is 2.00 bits per heavy atom. The quantitative estimate of drug-likeness (QED) is 0.669. The zero-order valence-electron chi connectivity index (χ0n) is 11.9. The summed E-state index contributed by atoms with van der Waals surface area (Å²) in [5.41, 5.74) is 0. The highest BCUT2D eigenvalue weighted by Crippen LogP contribution is 2.15. The van der Waals surface area contributed by atoms with Crippen molar-refractivity contribution in [2.45, 2.75) is 31.4 Å². The number of sulfonamides is 1. The van der Waals surface area contributed by atoms with Gasteiger partial charge in [-0.25, -0.2) is 17.9 Å². The zero-order chi connectivity index (χ0) is 16.2. The van der Waals surface area contributed by atoms with Crippen LogP contribution in [0.15, 0.2) is 21.6 Å². The monoisotopic (exact) mass is 318 g/mol. The summed E-state index contributed by atoms with van der Waals surface area (Å²) in [6, 6.07) is 1.23. The summed E-state index contributed by atoms with van der Waals surface area (Å²) in [6.45, 7) is 3.50. The van der Waals surface area contributed by atoms with Crippen molar-refractivity contribution >= 4 is 21.9 Å². The molecular formula is C12H18N2O6S. The molecule has 1 heterocycles. The summed E-state index contributed by atoms with van der Waals surface area (Å²) in [5, 5.41) is 11.0. The van der Waals surface area contributed by atoms with Gasteiger partial charge < -0.3 is 14.8 Å². The Labute approximate surface area is 122 Å². The first-order chi connectivity index (χ1) is 9.72. The Hall–Kier alpha value is -1.87. The summed E-state index contributed by atoms with van der Waals surface area (Å²) >= 11 is 0. The average molecular weight is 318 g/mol. The number of hydrogen-bond donors (Lipinski definition) is 3. The molecule has 9 heteroatoms. The maximum Gasteiger partial charge on any atom is 0.326 e. The van der Waals surface area contributed by atoms with Gasteiger partial charge in [0.05, 0.1) is 0 Å². The van der Waals surface area contributed by atoms with Crippen LogP contribution in [-0.2, 0) is 14.8 Å². The lowest BCUT2D eigenvalue weighted by molar-refractivity contribution is -0.140. The molecule has 0 bridgehead atoms. The van der Waals surface area contributed by atoms with Gasteiger partial charge in [0.2, 0.25) is 5.09 Å². The second-order valence-electron chi connectivity index (χ2n) is 4.50. The van der Waals surface area contributed by atoms with E-state index in [9.17, 15) is 18.0 Å². The molecular weight excluding hydrogens is 300 g/mol. The molecule has 3 N–H and O–H groups in total. The van der Waals surface area contributed by atoms with Crippen LogP contribution in [0.4, 0.5) is 0 Å². The highest BCUT2D eigenvalue weighted by Gasteiger charge is 2.27. The van der Waals surface area contributed by atoms with Gasteiger partial charge in [-0.05, 0) is 25.1 Å². The molecule has 118 valence electrons. The van der Waals surface area contributed by atoms with Gasteiger partial charge in [-0.1, -0.05) is 20.3 Å². The van der Waals surface area contributed by atoms with Crippen molar-refractivity contribution in [1.29, 1.82) is 0 Å². The molecule has 8 nitrogen and oxygen atoms in total. The molecule has 0 aliphatic heterocycles. The van der Waals surface area contributed by atoms with Gasteiger partial charge in [-0.3, -0.25) is 4.79 Å². The van der Waals surface area contributed by atoms with Crippen LogP contribution in [0.25, 0.3) is 0 Å². The van der Waals surface area contributed by atoms with Crippen molar-refractivity contribution < 1.29 is 27.5 Å². The summed E-state index contributed by atoms with van der Waals surface area (Å²) < 4.78 is 30.0. The summed E-state index contributed by atoms with van der Waals surface area (Å²) in [5.74, 6) is -2.48. The normalized spacial score (nSPS) is 14.4. The predicted molar refractivity (Wildman–Crippen MR) is 73.3 cm³/mol. The van der Waals surface area contributed by atoms with Gasteiger partial charge in [-0.15, -0.1) is 0 Å². The summed E-state index contributed by atoms with van der Waals surface area (Å²) in [4.78, 5) is 23.1. The predicted octanol–water partition coefficient (Wildman–Crippen LogP) is 0.417. The van der Waals surface area contributed by atoms with Crippen LogP contribution in [0.2, 0.25) is 0 Å². The first-order valence-corrected chi connectivity index (χ1v) is 7.78. The summed E-state index contributed by atoms with van der Waals surface area (Å²) in [6.07, 6.45) is 0.564. The van der Waals surface area contributed by atoms with E-state index in [4.69, 9.17) is 9.52 Å². The van der Waals surface area contributed by atoms with Gasteiger partial charge >= 0.3 is 5.97 Å². The van der Waals surface area contributed by atoms with Gasteiger partial charge in [0.1, 0.15) is 6.04 Å². The highest BCUT2D eigenvalue weighted by molar-refractivity contribution is 7.89. The second-order valence-corrected chi connectivity index (χ2v) is 6.32. The topological polar surface area (TPSA) is 126 Å². The number of carbonyl (C=O) groups is 2. The first kappa shape index (κ1) is 17.2. The number of hydrogen-bond acceptors (Lipinski definition) is 5. The van der Waals surface area contributed by atoms with E-state index >= 15 is 0 Å². The third-order valence-electron chi connectivity index (χ3n) is 3.10. The minimum atomic E-state index is -3.79. The van der Waals surface area contributed by atoms with Crippen molar-refractivity contribution in [3.63, 3.8) is 0 Å². The third kappa shape index (κ3) is 4.05. The lowest BCUT2D eigenvalue weighted by Gasteiger charge is -2.19. The van der Waals surface area contributed by atoms with E-state index in [0.717, 1.165) is 6.07 Å². The SMILES string of the molecule is CC[C@H](C)[C@H](NC(=O)c1ccc(S(=O)(=O)NC)o1)C(=O)O. The van der Waals surface area contributed by atoms with Crippen LogP contribution >= 0.6 is 0 Å². The minimum Gasteiger partial charge on any atom is -0.480 e. The molecule has 0 unspecified atom stereocenters. The molecule has 0 spiro atoms. The Balaban J connectivity index is 2.92. The van der Waals surface area contributed by atoms with Gasteiger partial charge in [0.15, 0.2) is 5.76 Å². The molecule has 1 amide bonds. The maximum absolute atomic E-state index is 11.9. The fraction of sp³-hybridized carbons (Fsp3) is 0.500. The number of nitrogens with one attached hydrogen (secondary N) is 2. The number of carboxylic acids is 1. The minimum absolute atomic E-state index is 0.265. The van der Waals surface area contributed by atoms with E-state index in [-0.39, 0.29) is 11.7 Å². The molecule has 21 heavy (non-hydrogen) atoms. The number of carboxylic acid groups (broad SMARTS) is 1. The van der Waals surface area contributed by atoms with Crippen molar-refractivity contribution in [1.82, 2.24) is 10.0 Å². The van der Waals surface area contributed by atoms with Gasteiger partial charge in [0, 0.05) is 0 Å². The van der Waals surface area contributed by atoms with Crippen LogP contribution in [0, 0.1) is 5.92 Å². The largest absolute Gasteiger partial charge is 0.480 e. The highest BCUT2D eigenvalue weighted by atomic mass is 32.2. The van der Waals surface area contributed by atoms with Crippen LogP contribution < -0.4 is 10.0 Å². The number of furan rings is 1. The van der Waals surface area contributed by atoms with Crippen LogP contribution in [0.3, 0.4) is 0 Å². The molecule has 0 aromatic carbocycles. The molecule has 0 saturated carbocycles. The average Bonchev–Trinajstić information content (AvgIpc) is 2.93. The molecule has 0 aliphatic rings. The van der Waals surface area contributed by atoms with Gasteiger partial charge in [-0.2, -0.15) is 0 Å². The lowest BCUT2D eigenvalue weighted by atomic mass is 9.99. The third-order valence-corrected chi connectivity index (χ3v) is 4.39. The molecule has 2 atom stereocenters. The van der Waals surface area contributed by atoms with Crippen LogP contribution in [0.5, 0.6) is 0 Å². The number of aliphatic carboxylic acids is 1.